The van der Waals surface area contributed by atoms with E-state index in [1.54, 1.807) is 11.3 Å². The van der Waals surface area contributed by atoms with Crippen LogP contribution < -0.4 is 0 Å². The van der Waals surface area contributed by atoms with Gasteiger partial charge in [-0.1, -0.05) is 5.92 Å². The average molecular weight is 216 g/mol. The van der Waals surface area contributed by atoms with Gasteiger partial charge >= 0.3 is 0 Å². The van der Waals surface area contributed by atoms with Crippen molar-refractivity contribution in [2.75, 3.05) is 0 Å². The van der Waals surface area contributed by atoms with Gasteiger partial charge in [0.15, 0.2) is 0 Å². The first-order chi connectivity index (χ1) is 7.19. The highest BCUT2D eigenvalue weighted by atomic mass is 32.1. The van der Waals surface area contributed by atoms with Crippen molar-refractivity contribution in [2.45, 2.75) is 6.92 Å². The van der Waals surface area contributed by atoms with Gasteiger partial charge in [-0.05, 0) is 42.8 Å². The minimum Gasteiger partial charge on any atom is -0.207 e. The summed E-state index contributed by atoms with van der Waals surface area (Å²) in [6.07, 6.45) is 5.26. The number of rotatable bonds is 1. The van der Waals surface area contributed by atoms with Crippen molar-refractivity contribution >= 4 is 11.3 Å². The van der Waals surface area contributed by atoms with Gasteiger partial charge in [0.05, 0.1) is 0 Å². The lowest BCUT2D eigenvalue weighted by atomic mass is 10.1. The van der Waals surface area contributed by atoms with Crippen LogP contribution in [-0.2, 0) is 0 Å². The molecule has 1 heterocycles. The fraction of sp³-hybridized carbons (Fsp3) is 0.0769. The molecule has 0 atom stereocenters. The quantitative estimate of drug-likeness (QED) is 0.635. The van der Waals surface area contributed by atoms with Crippen LogP contribution in [-0.4, -0.2) is 0 Å². The maximum atomic E-state index is 13.2. The molecule has 0 nitrogen and oxygen atoms in total. The van der Waals surface area contributed by atoms with E-state index in [0.717, 1.165) is 10.4 Å². The Morgan fingerprint density at radius 3 is 2.67 bits per heavy atom. The number of thiophene rings is 1. The van der Waals surface area contributed by atoms with E-state index in [4.69, 9.17) is 6.42 Å². The van der Waals surface area contributed by atoms with Crippen molar-refractivity contribution in [3.63, 3.8) is 0 Å². The Hall–Kier alpha value is -1.59. The average Bonchev–Trinajstić information content (AvgIpc) is 2.64. The molecule has 2 heteroatoms. The first-order valence-corrected chi connectivity index (χ1v) is 5.35. The summed E-state index contributed by atoms with van der Waals surface area (Å²) in [6, 6.07) is 8.69. The summed E-state index contributed by atoms with van der Waals surface area (Å²) in [7, 11) is 0. The normalized spacial score (nSPS) is 9.93. The molecular weight excluding hydrogens is 207 g/mol. The zero-order valence-corrected chi connectivity index (χ0v) is 9.07. The summed E-state index contributed by atoms with van der Waals surface area (Å²) < 4.78 is 13.2. The number of hydrogen-bond acceptors (Lipinski definition) is 1. The van der Waals surface area contributed by atoms with Gasteiger partial charge in [-0.25, -0.2) is 4.39 Å². The van der Waals surface area contributed by atoms with Crippen LogP contribution in [0.25, 0.3) is 10.4 Å². The van der Waals surface area contributed by atoms with Gasteiger partial charge in [-0.2, -0.15) is 0 Å². The molecule has 0 aliphatic heterocycles. The lowest BCUT2D eigenvalue weighted by Crippen LogP contribution is -1.81. The molecule has 74 valence electrons. The van der Waals surface area contributed by atoms with Gasteiger partial charge in [0, 0.05) is 15.3 Å². The van der Waals surface area contributed by atoms with Crippen molar-refractivity contribution in [2.24, 2.45) is 0 Å². The van der Waals surface area contributed by atoms with Crippen LogP contribution in [0.2, 0.25) is 0 Å². The molecule has 0 saturated heterocycles. The van der Waals surface area contributed by atoms with Crippen LogP contribution in [0.4, 0.5) is 4.39 Å². The second kappa shape index (κ2) is 3.88. The molecule has 0 spiro atoms. The molecule has 2 aromatic rings. The monoisotopic (exact) mass is 216 g/mol. The first-order valence-electron chi connectivity index (χ1n) is 4.53. The summed E-state index contributed by atoms with van der Waals surface area (Å²) in [5.41, 5.74) is 1.43. The van der Waals surface area contributed by atoms with Crippen molar-refractivity contribution in [3.05, 3.63) is 46.6 Å². The fourth-order valence-corrected chi connectivity index (χ4v) is 2.26. The Bertz CT molecular complexity index is 532. The van der Waals surface area contributed by atoms with Crippen LogP contribution in [0.1, 0.15) is 10.4 Å². The van der Waals surface area contributed by atoms with Crippen molar-refractivity contribution in [3.8, 4) is 22.8 Å². The van der Waals surface area contributed by atoms with E-state index < -0.39 is 0 Å². The largest absolute Gasteiger partial charge is 0.207 e. The number of terminal acetylenes is 1. The maximum Gasteiger partial charge on any atom is 0.125 e. The molecule has 2 rings (SSSR count). The highest BCUT2D eigenvalue weighted by Gasteiger charge is 2.03. The minimum atomic E-state index is -0.286. The van der Waals surface area contributed by atoms with E-state index in [9.17, 15) is 4.39 Å². The molecular formula is C13H9FS. The molecule has 0 aliphatic carbocycles. The van der Waals surface area contributed by atoms with E-state index in [1.807, 2.05) is 25.1 Å². The Morgan fingerprint density at radius 1 is 1.27 bits per heavy atom. The van der Waals surface area contributed by atoms with E-state index in [-0.39, 0.29) is 5.82 Å². The predicted octanol–water partition coefficient (Wildman–Crippen LogP) is 3.84. The highest BCUT2D eigenvalue weighted by Crippen LogP contribution is 2.28. The number of hydrogen-bond donors (Lipinski definition) is 0. The molecule has 0 saturated carbocycles. The molecule has 0 unspecified atom stereocenters. The van der Waals surface area contributed by atoms with E-state index in [2.05, 4.69) is 5.92 Å². The van der Waals surface area contributed by atoms with Crippen LogP contribution in [0.15, 0.2) is 30.3 Å². The summed E-state index contributed by atoms with van der Waals surface area (Å²) in [4.78, 5) is 2.25. The lowest BCUT2D eigenvalue weighted by Gasteiger charge is -1.99. The van der Waals surface area contributed by atoms with E-state index in [0.29, 0.717) is 5.56 Å². The summed E-state index contributed by atoms with van der Waals surface area (Å²) >= 11 is 1.63. The summed E-state index contributed by atoms with van der Waals surface area (Å²) in [5, 5.41) is 0. The Kier molecular flexibility index (Phi) is 2.57. The van der Waals surface area contributed by atoms with Gasteiger partial charge in [0.1, 0.15) is 5.82 Å². The van der Waals surface area contributed by atoms with Crippen molar-refractivity contribution in [1.82, 2.24) is 0 Å². The lowest BCUT2D eigenvalue weighted by molar-refractivity contribution is 0.628. The van der Waals surface area contributed by atoms with Crippen molar-refractivity contribution < 1.29 is 4.39 Å². The molecule has 0 fully saturated rings. The molecule has 1 aromatic carbocycles. The molecule has 0 N–H and O–H groups in total. The first kappa shape index (κ1) is 9.95. The third-order valence-corrected chi connectivity index (χ3v) is 3.14. The number of aryl methyl sites for hydroxylation is 1. The summed E-state index contributed by atoms with van der Waals surface area (Å²) in [5.74, 6) is 2.16. The van der Waals surface area contributed by atoms with Crippen LogP contribution >= 0.6 is 11.3 Å². The van der Waals surface area contributed by atoms with Gasteiger partial charge in [-0.15, -0.1) is 17.8 Å². The Labute approximate surface area is 92.4 Å². The molecule has 0 aliphatic rings. The highest BCUT2D eigenvalue weighted by molar-refractivity contribution is 7.15. The van der Waals surface area contributed by atoms with Gasteiger partial charge in [0.2, 0.25) is 0 Å². The van der Waals surface area contributed by atoms with E-state index in [1.165, 1.54) is 17.0 Å². The third-order valence-electron chi connectivity index (χ3n) is 2.09. The third kappa shape index (κ3) is 2.08. The topological polar surface area (TPSA) is 0 Å². The second-order valence-corrected chi connectivity index (χ2v) is 4.57. The number of benzene rings is 1. The standard InChI is InChI=1S/C13H9FS/c1-3-10-6-11(8-12(14)7-10)13-5-4-9(2)15-13/h1,4-8H,2H3. The smallest absolute Gasteiger partial charge is 0.125 e. The van der Waals surface area contributed by atoms with Crippen LogP contribution in [0, 0.1) is 25.1 Å². The Balaban J connectivity index is 2.54. The van der Waals surface area contributed by atoms with E-state index >= 15 is 0 Å². The molecule has 15 heavy (non-hydrogen) atoms. The van der Waals surface area contributed by atoms with Crippen LogP contribution in [0.3, 0.4) is 0 Å². The molecule has 0 bridgehead atoms. The fourth-order valence-electron chi connectivity index (χ4n) is 1.40. The zero-order chi connectivity index (χ0) is 10.8. The zero-order valence-electron chi connectivity index (χ0n) is 8.25. The van der Waals surface area contributed by atoms with Crippen LogP contribution in [0.5, 0.6) is 0 Å². The SMILES string of the molecule is C#Cc1cc(F)cc(-c2ccc(C)s2)c1. The van der Waals surface area contributed by atoms with Gasteiger partial charge in [-0.3, -0.25) is 0 Å². The minimum absolute atomic E-state index is 0.286. The van der Waals surface area contributed by atoms with Gasteiger partial charge < -0.3 is 0 Å². The molecule has 0 radical (unpaired) electrons. The molecule has 1 aromatic heterocycles. The number of halogens is 1. The second-order valence-electron chi connectivity index (χ2n) is 3.28. The van der Waals surface area contributed by atoms with Gasteiger partial charge in [0.25, 0.3) is 0 Å². The predicted molar refractivity (Wildman–Crippen MR) is 62.4 cm³/mol. The van der Waals surface area contributed by atoms with Crippen molar-refractivity contribution in [1.29, 1.82) is 0 Å². The Morgan fingerprint density at radius 2 is 2.07 bits per heavy atom. The summed E-state index contributed by atoms with van der Waals surface area (Å²) in [6.45, 7) is 2.02. The maximum absolute atomic E-state index is 13.2. The molecule has 0 amide bonds.